The number of nitrogens with zero attached hydrogens (tertiary/aromatic N) is 3. The number of carbonyl (C=O) groups is 1. The number of benzene rings is 1. The molecule has 6 heteroatoms. The van der Waals surface area contributed by atoms with Gasteiger partial charge in [0, 0.05) is 5.39 Å². The van der Waals surface area contributed by atoms with E-state index >= 15 is 0 Å². The smallest absolute Gasteiger partial charge is 0.248 e. The molecule has 20 heavy (non-hydrogen) atoms. The van der Waals surface area contributed by atoms with Gasteiger partial charge < -0.3 is 0 Å². The van der Waals surface area contributed by atoms with E-state index in [-0.39, 0.29) is 16.7 Å². The summed E-state index contributed by atoms with van der Waals surface area (Å²) in [4.78, 5) is 24.0. The van der Waals surface area contributed by atoms with Crippen LogP contribution in [0.3, 0.4) is 0 Å². The molecule has 0 saturated carbocycles. The lowest BCUT2D eigenvalue weighted by atomic mass is 10.2. The van der Waals surface area contributed by atoms with Crippen LogP contribution in [0, 0.1) is 5.82 Å². The van der Waals surface area contributed by atoms with Gasteiger partial charge in [-0.2, -0.15) is 0 Å². The molecule has 0 N–H and O–H groups in total. The molecule has 0 radical (unpaired) electrons. The summed E-state index contributed by atoms with van der Waals surface area (Å²) in [6.45, 7) is 0. The third-order valence-corrected chi connectivity index (χ3v) is 3.01. The van der Waals surface area contributed by atoms with Gasteiger partial charge in [0.05, 0.1) is 11.7 Å². The molecule has 0 spiro atoms. The Morgan fingerprint density at radius 2 is 1.90 bits per heavy atom. The highest BCUT2D eigenvalue weighted by atomic mass is 35.5. The molecule has 4 nitrogen and oxygen atoms in total. The zero-order valence-corrected chi connectivity index (χ0v) is 10.8. The highest BCUT2D eigenvalue weighted by molar-refractivity contribution is 6.34. The zero-order chi connectivity index (χ0) is 14.1. The summed E-state index contributed by atoms with van der Waals surface area (Å²) < 4.78 is 12.8. The van der Waals surface area contributed by atoms with Gasteiger partial charge in [0.2, 0.25) is 11.6 Å². The number of para-hydroxylation sites is 1. The highest BCUT2D eigenvalue weighted by Crippen LogP contribution is 2.20. The number of carbonyl (C=O) groups excluding carboxylic acids is 1. The molecule has 0 fully saturated rings. The van der Waals surface area contributed by atoms with Gasteiger partial charge in [0.15, 0.2) is 0 Å². The Hall–Kier alpha value is -2.40. The van der Waals surface area contributed by atoms with Gasteiger partial charge in [-0.15, -0.1) is 0 Å². The first-order chi connectivity index (χ1) is 9.65. The van der Waals surface area contributed by atoms with Crippen molar-refractivity contribution in [2.45, 2.75) is 0 Å². The number of hydrogen-bond donors (Lipinski definition) is 0. The van der Waals surface area contributed by atoms with Crippen molar-refractivity contribution in [3.63, 3.8) is 0 Å². The summed E-state index contributed by atoms with van der Waals surface area (Å²) in [6.07, 6.45) is 0.968. The number of ketones is 1. The normalized spacial score (nSPS) is 10.7. The van der Waals surface area contributed by atoms with Crippen LogP contribution in [0.2, 0.25) is 5.15 Å². The van der Waals surface area contributed by atoms with E-state index in [0.717, 1.165) is 12.3 Å². The van der Waals surface area contributed by atoms with E-state index < -0.39 is 11.6 Å². The van der Waals surface area contributed by atoms with Gasteiger partial charge in [-0.1, -0.05) is 23.7 Å². The molecule has 3 rings (SSSR count). The standard InChI is InChI=1S/C14H7ClFN3O/c15-13-9-3-1-2-4-10(9)18-14(19-13)12(20)11-6-5-8(16)7-17-11/h1-7H. The van der Waals surface area contributed by atoms with Crippen LogP contribution in [-0.2, 0) is 0 Å². The van der Waals surface area contributed by atoms with E-state index in [1.165, 1.54) is 6.07 Å². The molecule has 0 aliphatic rings. The van der Waals surface area contributed by atoms with Crippen LogP contribution in [-0.4, -0.2) is 20.7 Å². The number of pyridine rings is 1. The molecule has 0 amide bonds. The van der Waals surface area contributed by atoms with Crippen LogP contribution >= 0.6 is 11.6 Å². The summed E-state index contributed by atoms with van der Waals surface area (Å²) in [7, 11) is 0. The van der Waals surface area contributed by atoms with E-state index in [4.69, 9.17) is 11.6 Å². The molecule has 0 bridgehead atoms. The van der Waals surface area contributed by atoms with Crippen LogP contribution in [0.25, 0.3) is 10.9 Å². The van der Waals surface area contributed by atoms with Crippen molar-refractivity contribution in [1.82, 2.24) is 15.0 Å². The van der Waals surface area contributed by atoms with Crippen molar-refractivity contribution < 1.29 is 9.18 Å². The fraction of sp³-hybridized carbons (Fsp3) is 0. The van der Waals surface area contributed by atoms with Crippen molar-refractivity contribution in [3.05, 3.63) is 65.1 Å². The summed E-state index contributed by atoms with van der Waals surface area (Å²) in [6, 6.07) is 9.53. The number of fused-ring (bicyclic) bond motifs is 1. The maximum absolute atomic E-state index is 12.8. The molecule has 2 aromatic heterocycles. The van der Waals surface area contributed by atoms with Gasteiger partial charge >= 0.3 is 0 Å². The summed E-state index contributed by atoms with van der Waals surface area (Å²) in [5.41, 5.74) is 0.635. The van der Waals surface area contributed by atoms with Gasteiger partial charge in [-0.05, 0) is 24.3 Å². The molecule has 2 heterocycles. The summed E-state index contributed by atoms with van der Waals surface area (Å²) >= 11 is 6.04. The maximum atomic E-state index is 12.8. The highest BCUT2D eigenvalue weighted by Gasteiger charge is 2.16. The van der Waals surface area contributed by atoms with Crippen LogP contribution in [0.15, 0.2) is 42.6 Å². The first-order valence-electron chi connectivity index (χ1n) is 5.74. The van der Waals surface area contributed by atoms with Crippen molar-refractivity contribution in [3.8, 4) is 0 Å². The SMILES string of the molecule is O=C(c1ccc(F)cn1)c1nc(Cl)c2ccccc2n1. The van der Waals surface area contributed by atoms with Crippen LogP contribution in [0.4, 0.5) is 4.39 Å². The van der Waals surface area contributed by atoms with Crippen molar-refractivity contribution in [1.29, 1.82) is 0 Å². The first-order valence-corrected chi connectivity index (χ1v) is 6.11. The molecule has 0 atom stereocenters. The molecule has 1 aromatic carbocycles. The molecular weight excluding hydrogens is 281 g/mol. The van der Waals surface area contributed by atoms with E-state index in [0.29, 0.717) is 10.9 Å². The monoisotopic (exact) mass is 287 g/mol. The van der Waals surface area contributed by atoms with Crippen LogP contribution in [0.5, 0.6) is 0 Å². The molecule has 0 aliphatic heterocycles. The fourth-order valence-electron chi connectivity index (χ4n) is 1.76. The minimum absolute atomic E-state index is 0.0622. The second kappa shape index (κ2) is 4.94. The minimum Gasteiger partial charge on any atom is -0.283 e. The first kappa shape index (κ1) is 12.6. The number of aromatic nitrogens is 3. The Morgan fingerprint density at radius 1 is 1.10 bits per heavy atom. The van der Waals surface area contributed by atoms with Crippen LogP contribution in [0.1, 0.15) is 16.3 Å². The molecule has 98 valence electrons. The van der Waals surface area contributed by atoms with E-state index in [9.17, 15) is 9.18 Å². The average Bonchev–Trinajstić information content (AvgIpc) is 2.47. The number of rotatable bonds is 2. The fourth-order valence-corrected chi connectivity index (χ4v) is 2.00. The number of halogens is 2. The Bertz CT molecular complexity index is 805. The zero-order valence-electron chi connectivity index (χ0n) is 10.0. The average molecular weight is 288 g/mol. The Labute approximate surface area is 118 Å². The van der Waals surface area contributed by atoms with Gasteiger partial charge in [-0.3, -0.25) is 4.79 Å². The Balaban J connectivity index is 2.10. The Morgan fingerprint density at radius 3 is 2.65 bits per heavy atom. The second-order valence-corrected chi connectivity index (χ2v) is 4.40. The van der Waals surface area contributed by atoms with Crippen molar-refractivity contribution >= 4 is 28.3 Å². The van der Waals surface area contributed by atoms with E-state index in [1.54, 1.807) is 24.3 Å². The second-order valence-electron chi connectivity index (χ2n) is 4.05. The molecule has 0 aliphatic carbocycles. The van der Waals surface area contributed by atoms with Crippen molar-refractivity contribution in [2.75, 3.05) is 0 Å². The van der Waals surface area contributed by atoms with E-state index in [1.807, 2.05) is 0 Å². The maximum Gasteiger partial charge on any atom is 0.248 e. The molecule has 3 aromatic rings. The minimum atomic E-state index is -0.515. The van der Waals surface area contributed by atoms with E-state index in [2.05, 4.69) is 15.0 Å². The third kappa shape index (κ3) is 2.23. The largest absolute Gasteiger partial charge is 0.283 e. The lowest BCUT2D eigenvalue weighted by Crippen LogP contribution is -2.09. The topological polar surface area (TPSA) is 55.7 Å². The molecular formula is C14H7ClFN3O. The third-order valence-electron chi connectivity index (χ3n) is 2.72. The molecule has 0 unspecified atom stereocenters. The van der Waals surface area contributed by atoms with Gasteiger partial charge in [0.1, 0.15) is 16.7 Å². The molecule has 0 saturated heterocycles. The predicted octanol–water partition coefficient (Wildman–Crippen LogP) is 3.05. The predicted molar refractivity (Wildman–Crippen MR) is 72.2 cm³/mol. The summed E-state index contributed by atoms with van der Waals surface area (Å²) in [5.74, 6) is -1.08. The summed E-state index contributed by atoms with van der Waals surface area (Å²) in [5, 5.41) is 0.860. The quantitative estimate of drug-likeness (QED) is 0.537. The Kier molecular flexibility index (Phi) is 3.12. The van der Waals surface area contributed by atoms with Gasteiger partial charge in [0.25, 0.3) is 0 Å². The van der Waals surface area contributed by atoms with Crippen molar-refractivity contribution in [2.24, 2.45) is 0 Å². The van der Waals surface area contributed by atoms with Gasteiger partial charge in [-0.25, -0.2) is 19.3 Å². The number of hydrogen-bond acceptors (Lipinski definition) is 4. The lowest BCUT2D eigenvalue weighted by Gasteiger charge is -2.03. The lowest BCUT2D eigenvalue weighted by molar-refractivity contribution is 0.102. The van der Waals surface area contributed by atoms with Crippen LogP contribution < -0.4 is 0 Å².